The van der Waals surface area contributed by atoms with E-state index in [4.69, 9.17) is 21.1 Å². The SMILES string of the molecule is CCCOc1c(Cl)cc(C2NN=C3CCN(C)CC32)cc1OCC. The molecule has 2 heterocycles. The van der Waals surface area contributed by atoms with E-state index in [1.807, 2.05) is 19.1 Å². The normalized spacial score (nSPS) is 23.4. The van der Waals surface area contributed by atoms with Gasteiger partial charge in [-0.25, -0.2) is 0 Å². The lowest BCUT2D eigenvalue weighted by atomic mass is 9.86. The maximum Gasteiger partial charge on any atom is 0.179 e. The number of likely N-dealkylation sites (tertiary alicyclic amines) is 1. The molecule has 0 radical (unpaired) electrons. The minimum atomic E-state index is 0.139. The molecule has 5 nitrogen and oxygen atoms in total. The van der Waals surface area contributed by atoms with Crippen LogP contribution < -0.4 is 14.9 Å². The minimum Gasteiger partial charge on any atom is -0.490 e. The van der Waals surface area contributed by atoms with E-state index in [0.29, 0.717) is 35.7 Å². The van der Waals surface area contributed by atoms with Crippen LogP contribution in [0, 0.1) is 5.92 Å². The van der Waals surface area contributed by atoms with Crippen LogP contribution in [0.3, 0.4) is 0 Å². The molecule has 0 saturated carbocycles. The standard InChI is InChI=1S/C18H26ClN3O2/c1-4-8-24-18-14(19)9-12(10-16(18)23-5-2)17-13-11-22(3)7-6-15(13)20-21-17/h9-10,13,17,21H,4-8,11H2,1-3H3. The van der Waals surface area contributed by atoms with E-state index in [1.165, 1.54) is 5.71 Å². The average molecular weight is 352 g/mol. The van der Waals surface area contributed by atoms with Crippen LogP contribution >= 0.6 is 11.6 Å². The topological polar surface area (TPSA) is 46.1 Å². The summed E-state index contributed by atoms with van der Waals surface area (Å²) in [4.78, 5) is 2.35. The molecule has 0 aromatic heterocycles. The zero-order valence-corrected chi connectivity index (χ0v) is 15.4. The maximum absolute atomic E-state index is 6.51. The van der Waals surface area contributed by atoms with Crippen molar-refractivity contribution < 1.29 is 9.47 Å². The number of ether oxygens (including phenoxy) is 2. The third-order valence-corrected chi connectivity index (χ3v) is 4.86. The first-order valence-electron chi connectivity index (χ1n) is 8.73. The number of halogens is 1. The van der Waals surface area contributed by atoms with E-state index in [0.717, 1.165) is 31.5 Å². The van der Waals surface area contributed by atoms with Crippen LogP contribution in [0.25, 0.3) is 0 Å². The molecule has 0 amide bonds. The molecule has 2 unspecified atom stereocenters. The maximum atomic E-state index is 6.51. The number of rotatable bonds is 6. The Hall–Kier alpha value is -1.46. The van der Waals surface area contributed by atoms with Gasteiger partial charge < -0.3 is 19.8 Å². The zero-order valence-electron chi connectivity index (χ0n) is 14.6. The van der Waals surface area contributed by atoms with E-state index in [1.54, 1.807) is 0 Å². The zero-order chi connectivity index (χ0) is 17.1. The van der Waals surface area contributed by atoms with Gasteiger partial charge in [0.2, 0.25) is 0 Å². The van der Waals surface area contributed by atoms with Crippen molar-refractivity contribution in [3.05, 3.63) is 22.7 Å². The summed E-state index contributed by atoms with van der Waals surface area (Å²) in [6.45, 7) is 7.32. The van der Waals surface area contributed by atoms with Crippen molar-refractivity contribution in [3.8, 4) is 11.5 Å². The molecule has 0 aliphatic carbocycles. The Balaban J connectivity index is 1.88. The van der Waals surface area contributed by atoms with Crippen LogP contribution in [-0.2, 0) is 0 Å². The van der Waals surface area contributed by atoms with Gasteiger partial charge in [-0.05, 0) is 38.1 Å². The van der Waals surface area contributed by atoms with Gasteiger partial charge in [0, 0.05) is 31.1 Å². The van der Waals surface area contributed by atoms with Crippen LogP contribution in [0.1, 0.15) is 38.3 Å². The van der Waals surface area contributed by atoms with E-state index in [-0.39, 0.29) is 6.04 Å². The first-order valence-corrected chi connectivity index (χ1v) is 9.11. The van der Waals surface area contributed by atoms with E-state index >= 15 is 0 Å². The molecule has 132 valence electrons. The summed E-state index contributed by atoms with van der Waals surface area (Å²) >= 11 is 6.51. The predicted octanol–water partition coefficient (Wildman–Crippen LogP) is 3.48. The highest BCUT2D eigenvalue weighted by Gasteiger charge is 2.36. The Kier molecular flexibility index (Phi) is 5.51. The Bertz CT molecular complexity index is 621. The van der Waals surface area contributed by atoms with Crippen molar-refractivity contribution in [2.24, 2.45) is 11.0 Å². The Labute approximate surface area is 149 Å². The second-order valence-corrected chi connectivity index (χ2v) is 6.85. The molecular formula is C18H26ClN3O2. The quantitative estimate of drug-likeness (QED) is 0.852. The fraction of sp³-hybridized carbons (Fsp3) is 0.611. The highest BCUT2D eigenvalue weighted by Crippen LogP contribution is 2.41. The molecule has 2 aliphatic heterocycles. The van der Waals surface area contributed by atoms with Crippen molar-refractivity contribution in [1.29, 1.82) is 0 Å². The van der Waals surface area contributed by atoms with Gasteiger partial charge in [0.05, 0.1) is 24.3 Å². The van der Waals surface area contributed by atoms with Gasteiger partial charge in [0.1, 0.15) is 0 Å². The van der Waals surface area contributed by atoms with Crippen molar-refractivity contribution in [2.75, 3.05) is 33.4 Å². The number of hydrogen-bond acceptors (Lipinski definition) is 5. The number of piperidine rings is 1. The molecule has 1 aromatic rings. The van der Waals surface area contributed by atoms with Gasteiger partial charge in [-0.1, -0.05) is 18.5 Å². The van der Waals surface area contributed by atoms with Gasteiger partial charge >= 0.3 is 0 Å². The molecule has 3 rings (SSSR count). The van der Waals surface area contributed by atoms with Crippen molar-refractivity contribution >= 4 is 17.3 Å². The smallest absolute Gasteiger partial charge is 0.179 e. The predicted molar refractivity (Wildman–Crippen MR) is 97.3 cm³/mol. The molecule has 2 atom stereocenters. The third kappa shape index (κ3) is 3.47. The van der Waals surface area contributed by atoms with E-state index in [9.17, 15) is 0 Å². The minimum absolute atomic E-state index is 0.139. The highest BCUT2D eigenvalue weighted by atomic mass is 35.5. The summed E-state index contributed by atoms with van der Waals surface area (Å²) in [6, 6.07) is 4.17. The Morgan fingerprint density at radius 2 is 2.17 bits per heavy atom. The second kappa shape index (κ2) is 7.62. The Morgan fingerprint density at radius 3 is 2.92 bits per heavy atom. The highest BCUT2D eigenvalue weighted by molar-refractivity contribution is 6.32. The van der Waals surface area contributed by atoms with Gasteiger partial charge in [0.25, 0.3) is 0 Å². The lowest BCUT2D eigenvalue weighted by Gasteiger charge is -2.31. The molecule has 1 N–H and O–H groups in total. The molecule has 6 heteroatoms. The monoisotopic (exact) mass is 351 g/mol. The summed E-state index contributed by atoms with van der Waals surface area (Å²) in [5, 5.41) is 5.15. The molecule has 1 aromatic carbocycles. The lowest BCUT2D eigenvalue weighted by Crippen LogP contribution is -2.39. The average Bonchev–Trinajstić information content (AvgIpc) is 2.97. The van der Waals surface area contributed by atoms with Gasteiger partial charge in [0.15, 0.2) is 11.5 Å². The number of hydrogen-bond donors (Lipinski definition) is 1. The van der Waals surface area contributed by atoms with Crippen LogP contribution in [0.15, 0.2) is 17.2 Å². The lowest BCUT2D eigenvalue weighted by molar-refractivity contribution is 0.268. The molecule has 1 fully saturated rings. The van der Waals surface area contributed by atoms with E-state index in [2.05, 4.69) is 29.4 Å². The largest absolute Gasteiger partial charge is 0.490 e. The number of nitrogens with zero attached hydrogens (tertiary/aromatic N) is 2. The number of benzene rings is 1. The van der Waals surface area contributed by atoms with Crippen LogP contribution in [-0.4, -0.2) is 44.0 Å². The summed E-state index contributed by atoms with van der Waals surface area (Å²) in [6.07, 6.45) is 1.95. The van der Waals surface area contributed by atoms with Crippen molar-refractivity contribution in [1.82, 2.24) is 10.3 Å². The molecule has 2 aliphatic rings. The van der Waals surface area contributed by atoms with Crippen LogP contribution in [0.4, 0.5) is 0 Å². The Morgan fingerprint density at radius 1 is 1.33 bits per heavy atom. The molecule has 0 bridgehead atoms. The first kappa shape index (κ1) is 17.4. The number of nitrogens with one attached hydrogen (secondary N) is 1. The van der Waals surface area contributed by atoms with E-state index < -0.39 is 0 Å². The number of fused-ring (bicyclic) bond motifs is 1. The van der Waals surface area contributed by atoms with Gasteiger partial charge in [-0.2, -0.15) is 5.10 Å². The second-order valence-electron chi connectivity index (χ2n) is 6.44. The molecular weight excluding hydrogens is 326 g/mol. The van der Waals surface area contributed by atoms with Crippen LogP contribution in [0.5, 0.6) is 11.5 Å². The van der Waals surface area contributed by atoms with Crippen molar-refractivity contribution in [3.63, 3.8) is 0 Å². The third-order valence-electron chi connectivity index (χ3n) is 4.58. The molecule has 1 saturated heterocycles. The van der Waals surface area contributed by atoms with Crippen molar-refractivity contribution in [2.45, 2.75) is 32.7 Å². The molecule has 24 heavy (non-hydrogen) atoms. The summed E-state index contributed by atoms with van der Waals surface area (Å²) in [5.41, 5.74) is 5.67. The summed E-state index contributed by atoms with van der Waals surface area (Å²) in [7, 11) is 2.16. The fourth-order valence-electron chi connectivity index (χ4n) is 3.38. The summed E-state index contributed by atoms with van der Waals surface area (Å²) < 4.78 is 11.6. The first-order chi connectivity index (χ1) is 11.6. The summed E-state index contributed by atoms with van der Waals surface area (Å²) in [5.74, 6) is 1.74. The number of hydrazone groups is 1. The fourth-order valence-corrected chi connectivity index (χ4v) is 3.66. The van der Waals surface area contributed by atoms with Gasteiger partial charge in [-0.15, -0.1) is 0 Å². The van der Waals surface area contributed by atoms with Gasteiger partial charge in [-0.3, -0.25) is 0 Å². The molecule has 0 spiro atoms. The van der Waals surface area contributed by atoms with Crippen LogP contribution in [0.2, 0.25) is 5.02 Å².